The number of thiol groups is 1. The van der Waals surface area contributed by atoms with E-state index in [0.29, 0.717) is 37.7 Å². The summed E-state index contributed by atoms with van der Waals surface area (Å²) in [7, 11) is 0. The van der Waals surface area contributed by atoms with Gasteiger partial charge in [0.15, 0.2) is 0 Å². The lowest BCUT2D eigenvalue weighted by Gasteiger charge is -2.81. The van der Waals surface area contributed by atoms with Crippen LogP contribution in [0, 0.1) is 73.9 Å². The third-order valence-electron chi connectivity index (χ3n) is 15.1. The van der Waals surface area contributed by atoms with E-state index in [0.717, 1.165) is 41.4 Å². The van der Waals surface area contributed by atoms with Crippen molar-refractivity contribution in [3.8, 4) is 0 Å². The van der Waals surface area contributed by atoms with Gasteiger partial charge in [-0.3, -0.25) is 0 Å². The van der Waals surface area contributed by atoms with E-state index in [-0.39, 0.29) is 0 Å². The molecule has 31 heavy (non-hydrogen) atoms. The minimum atomic E-state index is 0.361. The monoisotopic (exact) mass is 442 g/mol. The van der Waals surface area contributed by atoms with Gasteiger partial charge >= 0.3 is 0 Å². The van der Waals surface area contributed by atoms with Crippen molar-refractivity contribution in [3.63, 3.8) is 0 Å². The summed E-state index contributed by atoms with van der Waals surface area (Å²) < 4.78 is 0. The molecule has 0 radical (unpaired) electrons. The third kappa shape index (κ3) is 2.12. The first kappa shape index (κ1) is 21.9. The minimum Gasteiger partial charge on any atom is -0.175 e. The molecule has 11 atom stereocenters. The molecule has 0 nitrogen and oxygen atoms in total. The fraction of sp³-hybridized carbons (Fsp3) is 1.00. The van der Waals surface area contributed by atoms with Crippen LogP contribution >= 0.6 is 12.6 Å². The molecule has 9 rings (SSSR count). The van der Waals surface area contributed by atoms with Crippen LogP contribution in [0.15, 0.2) is 0 Å². The summed E-state index contributed by atoms with van der Waals surface area (Å²) in [5.41, 5.74) is 2.91. The van der Waals surface area contributed by atoms with Gasteiger partial charge in [0.05, 0.1) is 0 Å². The number of hydrogen-bond acceptors (Lipinski definition) is 1. The molecular weight excluding hydrogens is 392 g/mol. The lowest BCUT2D eigenvalue weighted by Crippen LogP contribution is -2.76. The van der Waals surface area contributed by atoms with Crippen molar-refractivity contribution in [1.82, 2.24) is 0 Å². The standard InChI is InChI=1S/C30H50S/c1-25(2)17-10-11-28(7,20(25)12-17)23-15-18-13-21(26(18,3)4)29(23,8)30(9)22-14-19(16-24(30)31)27(22,5)6/h17-24,31H,10-16H2,1-9H3. The fourth-order valence-electron chi connectivity index (χ4n) is 12.5. The second kappa shape index (κ2) is 5.76. The molecule has 0 saturated heterocycles. The van der Waals surface area contributed by atoms with Crippen LogP contribution in [0.2, 0.25) is 0 Å². The molecule has 1 heteroatoms. The van der Waals surface area contributed by atoms with Crippen LogP contribution in [0.25, 0.3) is 0 Å². The van der Waals surface area contributed by atoms with Gasteiger partial charge in [-0.1, -0.05) is 62.3 Å². The van der Waals surface area contributed by atoms with Gasteiger partial charge in [0.25, 0.3) is 0 Å². The van der Waals surface area contributed by atoms with Crippen molar-refractivity contribution >= 4 is 12.6 Å². The van der Waals surface area contributed by atoms with Crippen LogP contribution in [-0.4, -0.2) is 5.25 Å². The van der Waals surface area contributed by atoms with E-state index in [1.807, 2.05) is 0 Å². The van der Waals surface area contributed by atoms with Crippen LogP contribution in [-0.2, 0) is 0 Å². The summed E-state index contributed by atoms with van der Waals surface area (Å²) in [5, 5.41) is 0.582. The highest BCUT2D eigenvalue weighted by Gasteiger charge is 2.78. The van der Waals surface area contributed by atoms with Crippen molar-refractivity contribution in [2.45, 2.75) is 113 Å². The smallest absolute Gasteiger partial charge is 0.00817 e. The molecule has 0 aromatic rings. The van der Waals surface area contributed by atoms with Crippen molar-refractivity contribution in [1.29, 1.82) is 0 Å². The lowest BCUT2D eigenvalue weighted by atomic mass is 9.24. The molecule has 6 bridgehead atoms. The largest absolute Gasteiger partial charge is 0.175 e. The summed E-state index contributed by atoms with van der Waals surface area (Å²) in [6, 6.07) is 0. The molecule has 176 valence electrons. The summed E-state index contributed by atoms with van der Waals surface area (Å²) in [6.45, 7) is 24.1. The Labute approximate surface area is 198 Å². The third-order valence-corrected chi connectivity index (χ3v) is 15.8. The van der Waals surface area contributed by atoms with Gasteiger partial charge in [-0.25, -0.2) is 0 Å². The van der Waals surface area contributed by atoms with E-state index >= 15 is 0 Å². The van der Waals surface area contributed by atoms with E-state index in [1.165, 1.54) is 44.9 Å². The van der Waals surface area contributed by atoms with E-state index in [4.69, 9.17) is 12.6 Å². The van der Waals surface area contributed by atoms with Crippen molar-refractivity contribution in [2.75, 3.05) is 0 Å². The highest BCUT2D eigenvalue weighted by Crippen LogP contribution is 2.83. The predicted molar refractivity (Wildman–Crippen MR) is 135 cm³/mol. The molecule has 9 aliphatic carbocycles. The highest BCUT2D eigenvalue weighted by molar-refractivity contribution is 7.81. The molecule has 9 saturated carbocycles. The van der Waals surface area contributed by atoms with Crippen molar-refractivity contribution in [3.05, 3.63) is 0 Å². The van der Waals surface area contributed by atoms with E-state index in [9.17, 15) is 0 Å². The molecule has 0 spiro atoms. The maximum absolute atomic E-state index is 5.49. The van der Waals surface area contributed by atoms with E-state index in [2.05, 4.69) is 62.3 Å². The zero-order valence-electron chi connectivity index (χ0n) is 22.0. The molecule has 0 heterocycles. The van der Waals surface area contributed by atoms with Crippen LogP contribution in [0.5, 0.6) is 0 Å². The fourth-order valence-corrected chi connectivity index (χ4v) is 13.2. The molecule has 0 N–H and O–H groups in total. The predicted octanol–water partition coefficient (Wildman–Crippen LogP) is 8.51. The Kier molecular flexibility index (Phi) is 4.06. The van der Waals surface area contributed by atoms with Crippen LogP contribution in [0.1, 0.15) is 107 Å². The average molecular weight is 443 g/mol. The van der Waals surface area contributed by atoms with Crippen LogP contribution in [0.3, 0.4) is 0 Å². The molecular formula is C30H50S. The van der Waals surface area contributed by atoms with Gasteiger partial charge in [0.2, 0.25) is 0 Å². The zero-order valence-corrected chi connectivity index (χ0v) is 22.9. The van der Waals surface area contributed by atoms with Gasteiger partial charge in [-0.05, 0) is 119 Å². The van der Waals surface area contributed by atoms with Crippen molar-refractivity contribution < 1.29 is 0 Å². The van der Waals surface area contributed by atoms with E-state index < -0.39 is 0 Å². The second-order valence-corrected chi connectivity index (χ2v) is 16.7. The molecule has 9 aliphatic rings. The topological polar surface area (TPSA) is 0 Å². The van der Waals surface area contributed by atoms with Gasteiger partial charge < -0.3 is 0 Å². The van der Waals surface area contributed by atoms with E-state index in [1.54, 1.807) is 0 Å². The molecule has 0 aromatic heterocycles. The molecule has 0 amide bonds. The Hall–Kier alpha value is 0.350. The minimum absolute atomic E-state index is 0.361. The van der Waals surface area contributed by atoms with Gasteiger partial charge in [-0.15, -0.1) is 0 Å². The van der Waals surface area contributed by atoms with Crippen LogP contribution < -0.4 is 0 Å². The first-order valence-corrected chi connectivity index (χ1v) is 14.3. The Balaban J connectivity index is 1.50. The zero-order chi connectivity index (χ0) is 22.6. The summed E-state index contributed by atoms with van der Waals surface area (Å²) >= 11 is 5.49. The van der Waals surface area contributed by atoms with Gasteiger partial charge in [0, 0.05) is 5.25 Å². The Bertz CT molecular complexity index is 805. The maximum atomic E-state index is 5.49. The first-order valence-electron chi connectivity index (χ1n) is 13.8. The van der Waals surface area contributed by atoms with Gasteiger partial charge in [0.1, 0.15) is 0 Å². The van der Waals surface area contributed by atoms with Gasteiger partial charge in [-0.2, -0.15) is 12.6 Å². The van der Waals surface area contributed by atoms with Crippen molar-refractivity contribution in [2.24, 2.45) is 73.9 Å². The number of fused-ring (bicyclic) bond motifs is 8. The molecule has 0 aromatic carbocycles. The molecule has 9 fully saturated rings. The Morgan fingerprint density at radius 2 is 0.968 bits per heavy atom. The quantitative estimate of drug-likeness (QED) is 0.407. The highest BCUT2D eigenvalue weighted by atomic mass is 32.1. The number of rotatable bonds is 2. The summed E-state index contributed by atoms with van der Waals surface area (Å²) in [4.78, 5) is 0. The summed E-state index contributed by atoms with van der Waals surface area (Å²) in [6.07, 6.45) is 10.3. The molecule has 0 aliphatic heterocycles. The number of hydrogen-bond donors (Lipinski definition) is 1. The Morgan fingerprint density at radius 3 is 1.48 bits per heavy atom. The normalized spacial score (nSPS) is 62.1. The summed E-state index contributed by atoms with van der Waals surface area (Å²) in [5.74, 6) is 6.44. The van der Waals surface area contributed by atoms with Crippen LogP contribution in [0.4, 0.5) is 0 Å². The first-order chi connectivity index (χ1) is 14.1. The lowest BCUT2D eigenvalue weighted by molar-refractivity contribution is -0.321. The second-order valence-electron chi connectivity index (χ2n) is 16.1. The Morgan fingerprint density at radius 1 is 0.516 bits per heavy atom. The average Bonchev–Trinajstić information content (AvgIpc) is 2.68. The maximum Gasteiger partial charge on any atom is 0.00817 e. The molecule has 11 unspecified atom stereocenters. The SMILES string of the molecule is CC1(C)C2CCC(C)(C3CC4CC(C4(C)C)C3(C)C3(C)C(S)CC4CC3C4(C)C)C1C2.